The summed E-state index contributed by atoms with van der Waals surface area (Å²) in [4.78, 5) is 0. The van der Waals surface area contributed by atoms with Gasteiger partial charge in [-0.3, -0.25) is 0 Å². The van der Waals surface area contributed by atoms with Crippen molar-refractivity contribution in [3.63, 3.8) is 0 Å². The first-order valence-corrected chi connectivity index (χ1v) is 7.56. The smallest absolute Gasteiger partial charge is 0.118 e. The molecule has 1 atom stereocenters. The maximum Gasteiger partial charge on any atom is 0.118 e. The maximum atomic E-state index is 5.67. The maximum absolute atomic E-state index is 5.67. The lowest BCUT2D eigenvalue weighted by Gasteiger charge is -2.15. The lowest BCUT2D eigenvalue weighted by molar-refractivity contribution is 0.120. The van der Waals surface area contributed by atoms with Crippen molar-refractivity contribution in [3.05, 3.63) is 29.8 Å². The Morgan fingerprint density at radius 3 is 2.35 bits per heavy atom. The third-order valence-electron chi connectivity index (χ3n) is 3.34. The number of nitrogens with one attached hydrogen (secondary N) is 1. The highest BCUT2D eigenvalue weighted by Crippen LogP contribution is 2.11. The van der Waals surface area contributed by atoms with Crippen LogP contribution in [0.3, 0.4) is 0 Å². The van der Waals surface area contributed by atoms with E-state index in [-0.39, 0.29) is 0 Å². The summed E-state index contributed by atoms with van der Waals surface area (Å²) >= 11 is 0. The van der Waals surface area contributed by atoms with Crippen molar-refractivity contribution in [2.45, 2.75) is 46.3 Å². The highest BCUT2D eigenvalue weighted by Gasteiger charge is 2.02. The fourth-order valence-corrected chi connectivity index (χ4v) is 1.97. The summed E-state index contributed by atoms with van der Waals surface area (Å²) in [5.41, 5.74) is 1.18. The quantitative estimate of drug-likeness (QED) is 0.663. The van der Waals surface area contributed by atoms with E-state index in [1.165, 1.54) is 18.4 Å². The molecule has 3 nitrogen and oxygen atoms in total. The van der Waals surface area contributed by atoms with Gasteiger partial charge in [0.15, 0.2) is 0 Å². The van der Waals surface area contributed by atoms with E-state index >= 15 is 0 Å². The van der Waals surface area contributed by atoms with Gasteiger partial charge in [0, 0.05) is 12.6 Å². The SMILES string of the molecule is COc1ccc(COCCNC(C)CCC(C)C)cc1. The van der Waals surface area contributed by atoms with Crippen LogP contribution >= 0.6 is 0 Å². The molecule has 0 bridgehead atoms. The largest absolute Gasteiger partial charge is 0.497 e. The number of methoxy groups -OCH3 is 1. The average molecular weight is 279 g/mol. The average Bonchev–Trinajstić information content (AvgIpc) is 2.45. The molecule has 1 unspecified atom stereocenters. The van der Waals surface area contributed by atoms with Crippen LogP contribution in [0.15, 0.2) is 24.3 Å². The molecule has 3 heteroatoms. The number of hydrogen-bond acceptors (Lipinski definition) is 3. The fourth-order valence-electron chi connectivity index (χ4n) is 1.97. The lowest BCUT2D eigenvalue weighted by atomic mass is 10.0. The van der Waals surface area contributed by atoms with Crippen molar-refractivity contribution in [1.29, 1.82) is 0 Å². The van der Waals surface area contributed by atoms with Gasteiger partial charge in [-0.05, 0) is 43.4 Å². The summed E-state index contributed by atoms with van der Waals surface area (Å²) in [6, 6.07) is 8.58. The van der Waals surface area contributed by atoms with E-state index < -0.39 is 0 Å². The summed E-state index contributed by atoms with van der Waals surface area (Å²) in [6.45, 7) is 9.10. The van der Waals surface area contributed by atoms with Gasteiger partial charge >= 0.3 is 0 Å². The summed E-state index contributed by atoms with van der Waals surface area (Å²) in [5, 5.41) is 3.50. The molecule has 0 spiro atoms. The Morgan fingerprint density at radius 1 is 1.05 bits per heavy atom. The molecule has 0 heterocycles. The minimum Gasteiger partial charge on any atom is -0.497 e. The Hall–Kier alpha value is -1.06. The molecule has 1 aromatic rings. The van der Waals surface area contributed by atoms with E-state index in [1.807, 2.05) is 24.3 Å². The van der Waals surface area contributed by atoms with Crippen LogP contribution in [0.5, 0.6) is 5.75 Å². The van der Waals surface area contributed by atoms with Gasteiger partial charge in [-0.15, -0.1) is 0 Å². The predicted octanol–water partition coefficient (Wildman–Crippen LogP) is 3.63. The molecule has 1 aromatic carbocycles. The molecule has 20 heavy (non-hydrogen) atoms. The van der Waals surface area contributed by atoms with Crippen molar-refractivity contribution >= 4 is 0 Å². The summed E-state index contributed by atoms with van der Waals surface area (Å²) < 4.78 is 10.8. The van der Waals surface area contributed by atoms with Crippen LogP contribution < -0.4 is 10.1 Å². The normalized spacial score (nSPS) is 12.7. The van der Waals surface area contributed by atoms with Gasteiger partial charge in [-0.2, -0.15) is 0 Å². The van der Waals surface area contributed by atoms with Crippen LogP contribution in [0.2, 0.25) is 0 Å². The van der Waals surface area contributed by atoms with E-state index in [9.17, 15) is 0 Å². The molecule has 0 aliphatic rings. The molecule has 114 valence electrons. The van der Waals surface area contributed by atoms with Gasteiger partial charge in [0.05, 0.1) is 20.3 Å². The predicted molar refractivity (Wildman–Crippen MR) is 84.2 cm³/mol. The van der Waals surface area contributed by atoms with Gasteiger partial charge in [-0.25, -0.2) is 0 Å². The van der Waals surface area contributed by atoms with Crippen molar-refractivity contribution in [1.82, 2.24) is 5.32 Å². The minimum absolute atomic E-state index is 0.571. The van der Waals surface area contributed by atoms with Crippen molar-refractivity contribution in [2.75, 3.05) is 20.3 Å². The van der Waals surface area contributed by atoms with E-state index in [1.54, 1.807) is 7.11 Å². The molecule has 1 rings (SSSR count). The molecule has 0 aromatic heterocycles. The van der Waals surface area contributed by atoms with Crippen molar-refractivity contribution < 1.29 is 9.47 Å². The van der Waals surface area contributed by atoms with Crippen LogP contribution in [0.4, 0.5) is 0 Å². The molecule has 0 fully saturated rings. The Morgan fingerprint density at radius 2 is 1.75 bits per heavy atom. The monoisotopic (exact) mass is 279 g/mol. The zero-order valence-corrected chi connectivity index (χ0v) is 13.3. The van der Waals surface area contributed by atoms with E-state index in [4.69, 9.17) is 9.47 Å². The Bertz CT molecular complexity index is 349. The molecule has 0 radical (unpaired) electrons. The molecule has 1 N–H and O–H groups in total. The third kappa shape index (κ3) is 7.51. The Kier molecular flexibility index (Phi) is 8.31. The highest BCUT2D eigenvalue weighted by molar-refractivity contribution is 5.26. The van der Waals surface area contributed by atoms with Gasteiger partial charge in [-0.1, -0.05) is 26.0 Å². The molecule has 0 saturated heterocycles. The van der Waals surface area contributed by atoms with Crippen LogP contribution in [-0.4, -0.2) is 26.3 Å². The van der Waals surface area contributed by atoms with Crippen LogP contribution in [0.25, 0.3) is 0 Å². The molecular weight excluding hydrogens is 250 g/mol. The van der Waals surface area contributed by atoms with Gasteiger partial charge < -0.3 is 14.8 Å². The van der Waals surface area contributed by atoms with Crippen LogP contribution in [0, 0.1) is 5.92 Å². The summed E-state index contributed by atoms with van der Waals surface area (Å²) in [6.07, 6.45) is 2.51. The summed E-state index contributed by atoms with van der Waals surface area (Å²) in [5.74, 6) is 1.67. The molecule has 0 aliphatic carbocycles. The van der Waals surface area contributed by atoms with Gasteiger partial charge in [0.25, 0.3) is 0 Å². The fraction of sp³-hybridized carbons (Fsp3) is 0.647. The first-order chi connectivity index (χ1) is 9.61. The zero-order valence-electron chi connectivity index (χ0n) is 13.3. The molecule has 0 amide bonds. The lowest BCUT2D eigenvalue weighted by Crippen LogP contribution is -2.29. The molecule has 0 saturated carbocycles. The molecule has 0 aliphatic heterocycles. The second-order valence-electron chi connectivity index (χ2n) is 5.73. The third-order valence-corrected chi connectivity index (χ3v) is 3.34. The van der Waals surface area contributed by atoms with Crippen LogP contribution in [0.1, 0.15) is 39.2 Å². The topological polar surface area (TPSA) is 30.5 Å². The van der Waals surface area contributed by atoms with Gasteiger partial charge in [0.1, 0.15) is 5.75 Å². The minimum atomic E-state index is 0.571. The number of ether oxygens (including phenoxy) is 2. The standard InChI is InChI=1S/C17H29NO2/c1-14(2)5-6-15(3)18-11-12-20-13-16-7-9-17(19-4)10-8-16/h7-10,14-15,18H,5-6,11-13H2,1-4H3. The summed E-state index contributed by atoms with van der Waals surface area (Å²) in [7, 11) is 1.68. The first kappa shape index (κ1) is 17.0. The van der Waals surface area contributed by atoms with Crippen LogP contribution in [-0.2, 0) is 11.3 Å². The zero-order chi connectivity index (χ0) is 14.8. The van der Waals surface area contributed by atoms with Crippen molar-refractivity contribution in [3.8, 4) is 5.75 Å². The first-order valence-electron chi connectivity index (χ1n) is 7.56. The van der Waals surface area contributed by atoms with Crippen molar-refractivity contribution in [2.24, 2.45) is 5.92 Å². The number of benzene rings is 1. The highest BCUT2D eigenvalue weighted by atomic mass is 16.5. The van der Waals surface area contributed by atoms with E-state index in [2.05, 4.69) is 26.1 Å². The number of rotatable bonds is 10. The van der Waals surface area contributed by atoms with Gasteiger partial charge in [0.2, 0.25) is 0 Å². The second-order valence-corrected chi connectivity index (χ2v) is 5.73. The number of hydrogen-bond donors (Lipinski definition) is 1. The van der Waals surface area contributed by atoms with E-state index in [0.29, 0.717) is 12.6 Å². The second kappa shape index (κ2) is 9.78. The Labute approximate surface area is 123 Å². The Balaban J connectivity index is 2.06. The molecular formula is C17H29NO2. The van der Waals surface area contributed by atoms with E-state index in [0.717, 1.165) is 24.8 Å².